The summed E-state index contributed by atoms with van der Waals surface area (Å²) in [6.07, 6.45) is 0. The molecular weight excluding hydrogens is 330 g/mol. The molecule has 0 saturated carbocycles. The van der Waals surface area contributed by atoms with Gasteiger partial charge in [0.25, 0.3) is 10.0 Å². The molecule has 4 rings (SSSR count). The number of sulfonamides is 1. The standard InChI is InChI=1S/C21H21NO2S/c1-21(2,3)17-12-10-15(11-13-17)14-22-18-8-4-6-16-7-5-9-19(20(16)18)25(22,23)24/h4-13H,14H2,1-3H3. The van der Waals surface area contributed by atoms with Crippen LogP contribution in [0.4, 0.5) is 5.69 Å². The van der Waals surface area contributed by atoms with Gasteiger partial charge in [-0.05, 0) is 34.1 Å². The molecule has 1 aliphatic rings. The van der Waals surface area contributed by atoms with Crippen LogP contribution in [0.5, 0.6) is 0 Å². The number of anilines is 1. The summed E-state index contributed by atoms with van der Waals surface area (Å²) in [6.45, 7) is 6.86. The van der Waals surface area contributed by atoms with Crippen molar-refractivity contribution in [2.24, 2.45) is 0 Å². The maximum Gasteiger partial charge on any atom is 0.265 e. The van der Waals surface area contributed by atoms with Gasteiger partial charge in [-0.1, -0.05) is 69.3 Å². The summed E-state index contributed by atoms with van der Waals surface area (Å²) in [6, 6.07) is 19.5. The molecule has 0 amide bonds. The number of rotatable bonds is 2. The largest absolute Gasteiger partial charge is 0.265 e. The van der Waals surface area contributed by atoms with Crippen LogP contribution in [0.2, 0.25) is 0 Å². The highest BCUT2D eigenvalue weighted by Crippen LogP contribution is 2.42. The molecule has 3 aromatic rings. The highest BCUT2D eigenvalue weighted by Gasteiger charge is 2.35. The minimum absolute atomic E-state index is 0.0834. The fourth-order valence-electron chi connectivity index (χ4n) is 3.40. The minimum atomic E-state index is -3.50. The van der Waals surface area contributed by atoms with Crippen LogP contribution < -0.4 is 4.31 Å². The fraction of sp³-hybridized carbons (Fsp3) is 0.238. The van der Waals surface area contributed by atoms with Crippen molar-refractivity contribution >= 4 is 26.5 Å². The molecule has 3 nitrogen and oxygen atoms in total. The van der Waals surface area contributed by atoms with Crippen molar-refractivity contribution < 1.29 is 8.42 Å². The first-order valence-electron chi connectivity index (χ1n) is 8.42. The lowest BCUT2D eigenvalue weighted by molar-refractivity contribution is 0.588. The molecule has 0 aliphatic carbocycles. The van der Waals surface area contributed by atoms with Gasteiger partial charge in [-0.2, -0.15) is 0 Å². The predicted molar refractivity (Wildman–Crippen MR) is 102 cm³/mol. The zero-order valence-electron chi connectivity index (χ0n) is 14.7. The molecular formula is C21H21NO2S. The van der Waals surface area contributed by atoms with Crippen LogP contribution in [0.3, 0.4) is 0 Å². The average Bonchev–Trinajstić information content (AvgIpc) is 2.78. The third kappa shape index (κ3) is 2.52. The van der Waals surface area contributed by atoms with Crippen molar-refractivity contribution in [3.05, 3.63) is 71.8 Å². The van der Waals surface area contributed by atoms with Crippen molar-refractivity contribution in [1.29, 1.82) is 0 Å². The van der Waals surface area contributed by atoms with Gasteiger partial charge in [0.1, 0.15) is 0 Å². The van der Waals surface area contributed by atoms with E-state index in [-0.39, 0.29) is 5.41 Å². The predicted octanol–water partition coefficient (Wildman–Crippen LogP) is 4.85. The van der Waals surface area contributed by atoms with Crippen LogP contribution in [0.15, 0.2) is 65.6 Å². The van der Waals surface area contributed by atoms with E-state index in [1.807, 2.05) is 36.4 Å². The van der Waals surface area contributed by atoms with Gasteiger partial charge < -0.3 is 0 Å². The van der Waals surface area contributed by atoms with Gasteiger partial charge in [-0.15, -0.1) is 0 Å². The number of nitrogens with zero attached hydrogens (tertiary/aromatic N) is 1. The molecule has 0 N–H and O–H groups in total. The molecule has 3 aromatic carbocycles. The Morgan fingerprint density at radius 3 is 2.16 bits per heavy atom. The lowest BCUT2D eigenvalue weighted by Crippen LogP contribution is -2.26. The first kappa shape index (κ1) is 16.2. The molecule has 25 heavy (non-hydrogen) atoms. The lowest BCUT2D eigenvalue weighted by Gasteiger charge is -2.21. The summed E-state index contributed by atoms with van der Waals surface area (Å²) in [5.41, 5.74) is 3.08. The molecule has 0 bridgehead atoms. The Bertz CT molecular complexity index is 1060. The number of hydrogen-bond acceptors (Lipinski definition) is 2. The monoisotopic (exact) mass is 351 g/mol. The zero-order chi connectivity index (χ0) is 17.8. The highest BCUT2D eigenvalue weighted by molar-refractivity contribution is 7.93. The summed E-state index contributed by atoms with van der Waals surface area (Å²) < 4.78 is 27.6. The second-order valence-corrected chi connectivity index (χ2v) is 9.42. The Morgan fingerprint density at radius 1 is 0.880 bits per heavy atom. The van der Waals surface area contributed by atoms with Crippen molar-refractivity contribution in [1.82, 2.24) is 0 Å². The van der Waals surface area contributed by atoms with Crippen molar-refractivity contribution in [2.75, 3.05) is 4.31 Å². The summed E-state index contributed by atoms with van der Waals surface area (Å²) in [5.74, 6) is 0. The summed E-state index contributed by atoms with van der Waals surface area (Å²) in [5, 5.41) is 1.79. The first-order valence-corrected chi connectivity index (χ1v) is 9.86. The second-order valence-electron chi connectivity index (χ2n) is 7.59. The molecule has 0 saturated heterocycles. The van der Waals surface area contributed by atoms with E-state index in [2.05, 4.69) is 32.9 Å². The number of hydrogen-bond donors (Lipinski definition) is 0. The van der Waals surface area contributed by atoms with Crippen LogP contribution >= 0.6 is 0 Å². The Kier molecular flexibility index (Phi) is 3.45. The van der Waals surface area contributed by atoms with E-state index in [0.717, 1.165) is 22.0 Å². The van der Waals surface area contributed by atoms with Crippen LogP contribution in [-0.4, -0.2) is 8.42 Å². The van der Waals surface area contributed by atoms with Gasteiger partial charge in [-0.3, -0.25) is 4.31 Å². The maximum absolute atomic E-state index is 13.0. The molecule has 0 unspecified atom stereocenters. The quantitative estimate of drug-likeness (QED) is 0.662. The molecule has 1 aliphatic heterocycles. The van der Waals surface area contributed by atoms with Crippen LogP contribution in [-0.2, 0) is 22.0 Å². The molecule has 0 radical (unpaired) electrons. The van der Waals surface area contributed by atoms with Crippen molar-refractivity contribution in [3.63, 3.8) is 0 Å². The number of benzene rings is 3. The van der Waals surface area contributed by atoms with Gasteiger partial charge in [0.15, 0.2) is 0 Å². The summed E-state index contributed by atoms with van der Waals surface area (Å²) in [7, 11) is -3.50. The third-order valence-electron chi connectivity index (χ3n) is 4.83. The fourth-order valence-corrected chi connectivity index (χ4v) is 5.10. The summed E-state index contributed by atoms with van der Waals surface area (Å²) >= 11 is 0. The van der Waals surface area contributed by atoms with Gasteiger partial charge in [0.2, 0.25) is 0 Å². The van der Waals surface area contributed by atoms with Gasteiger partial charge in [-0.25, -0.2) is 8.42 Å². The van der Waals surface area contributed by atoms with Gasteiger partial charge >= 0.3 is 0 Å². The van der Waals surface area contributed by atoms with Crippen molar-refractivity contribution in [3.8, 4) is 0 Å². The van der Waals surface area contributed by atoms with Gasteiger partial charge in [0, 0.05) is 5.39 Å². The summed E-state index contributed by atoms with van der Waals surface area (Å²) in [4.78, 5) is 0.409. The zero-order valence-corrected chi connectivity index (χ0v) is 15.5. The Morgan fingerprint density at radius 2 is 1.52 bits per heavy atom. The molecule has 4 heteroatoms. The molecule has 0 atom stereocenters. The van der Waals surface area contributed by atoms with Crippen LogP contribution in [0.1, 0.15) is 31.9 Å². The Labute approximate surface area is 149 Å². The van der Waals surface area contributed by atoms with Gasteiger partial charge in [0.05, 0.1) is 17.1 Å². The molecule has 0 spiro atoms. The smallest absolute Gasteiger partial charge is 0.261 e. The van der Waals surface area contributed by atoms with E-state index in [9.17, 15) is 8.42 Å². The minimum Gasteiger partial charge on any atom is -0.261 e. The molecule has 0 fully saturated rings. The Hall–Kier alpha value is -2.33. The van der Waals surface area contributed by atoms with Crippen LogP contribution in [0, 0.1) is 0 Å². The van der Waals surface area contributed by atoms with E-state index in [0.29, 0.717) is 11.4 Å². The van der Waals surface area contributed by atoms with E-state index in [4.69, 9.17) is 0 Å². The third-order valence-corrected chi connectivity index (χ3v) is 6.63. The van der Waals surface area contributed by atoms with Crippen LogP contribution in [0.25, 0.3) is 10.8 Å². The van der Waals surface area contributed by atoms with E-state index in [1.54, 1.807) is 12.1 Å². The van der Waals surface area contributed by atoms with E-state index >= 15 is 0 Å². The Balaban J connectivity index is 1.76. The van der Waals surface area contributed by atoms with E-state index in [1.165, 1.54) is 9.87 Å². The average molecular weight is 351 g/mol. The first-order chi connectivity index (χ1) is 11.8. The topological polar surface area (TPSA) is 37.4 Å². The van der Waals surface area contributed by atoms with Crippen molar-refractivity contribution in [2.45, 2.75) is 37.6 Å². The second kappa shape index (κ2) is 5.33. The highest BCUT2D eigenvalue weighted by atomic mass is 32.2. The normalized spacial score (nSPS) is 15.7. The van der Waals surface area contributed by atoms with E-state index < -0.39 is 10.0 Å². The molecule has 0 aromatic heterocycles. The lowest BCUT2D eigenvalue weighted by atomic mass is 9.87. The molecule has 128 valence electrons. The molecule has 1 heterocycles. The SMILES string of the molecule is CC(C)(C)c1ccc(CN2c3cccc4cccc(c34)S2(=O)=O)cc1. The maximum atomic E-state index is 13.0.